The molecule has 0 bridgehead atoms. The fourth-order valence-corrected chi connectivity index (χ4v) is 6.12. The Bertz CT molecular complexity index is 593. The first-order valence-corrected chi connectivity index (χ1v) is 10.0. The van der Waals surface area contributed by atoms with Crippen LogP contribution >= 0.6 is 27.3 Å². The lowest BCUT2D eigenvalue weighted by molar-refractivity contribution is 0.143. The third-order valence-corrected chi connectivity index (χ3v) is 7.76. The molecular formula is C13H22BrN3O2S2. The Morgan fingerprint density at radius 3 is 2.62 bits per heavy atom. The number of piperidine rings is 1. The number of hydrogen-bond donors (Lipinski definition) is 2. The molecule has 0 amide bonds. The van der Waals surface area contributed by atoms with Crippen molar-refractivity contribution < 1.29 is 8.42 Å². The van der Waals surface area contributed by atoms with Gasteiger partial charge in [-0.1, -0.05) is 6.92 Å². The van der Waals surface area contributed by atoms with Crippen LogP contribution in [-0.2, 0) is 16.6 Å². The van der Waals surface area contributed by atoms with Crippen molar-refractivity contribution in [2.24, 2.45) is 11.1 Å². The molecule has 1 aromatic heterocycles. The van der Waals surface area contributed by atoms with E-state index in [1.165, 1.54) is 11.3 Å². The quantitative estimate of drug-likeness (QED) is 0.798. The van der Waals surface area contributed by atoms with E-state index in [0.29, 0.717) is 21.8 Å². The lowest BCUT2D eigenvalue weighted by atomic mass is 9.81. The van der Waals surface area contributed by atoms with Crippen LogP contribution in [0.5, 0.6) is 0 Å². The molecule has 120 valence electrons. The molecule has 0 atom stereocenters. The number of nitrogens with one attached hydrogen (secondary N) is 1. The molecule has 8 heteroatoms. The van der Waals surface area contributed by atoms with Crippen molar-refractivity contribution in [1.82, 2.24) is 9.62 Å². The van der Waals surface area contributed by atoms with E-state index in [1.807, 2.05) is 0 Å². The van der Waals surface area contributed by atoms with Gasteiger partial charge in [0.25, 0.3) is 0 Å². The molecule has 1 aliphatic heterocycles. The average molecular weight is 396 g/mol. The third kappa shape index (κ3) is 4.27. The number of nitrogens with two attached hydrogens (primary N) is 1. The van der Waals surface area contributed by atoms with Crippen molar-refractivity contribution in [3.05, 3.63) is 14.7 Å². The highest BCUT2D eigenvalue weighted by atomic mass is 79.9. The largest absolute Gasteiger partial charge is 0.326 e. The number of sulfonamides is 1. The Balaban J connectivity index is 2.06. The Kier molecular flexibility index (Phi) is 5.49. The predicted octanol–water partition coefficient (Wildman–Crippen LogP) is 1.98. The zero-order chi connectivity index (χ0) is 15.7. The maximum absolute atomic E-state index is 12.4. The van der Waals surface area contributed by atoms with Gasteiger partial charge in [0, 0.05) is 18.0 Å². The summed E-state index contributed by atoms with van der Waals surface area (Å²) < 4.78 is 28.3. The van der Waals surface area contributed by atoms with Crippen molar-refractivity contribution in [2.45, 2.75) is 31.2 Å². The summed E-state index contributed by atoms with van der Waals surface area (Å²) in [6.07, 6.45) is 2.01. The van der Waals surface area contributed by atoms with E-state index >= 15 is 0 Å². The highest BCUT2D eigenvalue weighted by Gasteiger charge is 2.31. The van der Waals surface area contributed by atoms with Crippen molar-refractivity contribution in [3.63, 3.8) is 0 Å². The Labute approximate surface area is 139 Å². The molecule has 0 aromatic carbocycles. The van der Waals surface area contributed by atoms with E-state index < -0.39 is 10.0 Å². The fourth-order valence-electron chi connectivity index (χ4n) is 2.36. The van der Waals surface area contributed by atoms with Crippen LogP contribution in [0.25, 0.3) is 0 Å². The molecule has 2 rings (SSSR count). The van der Waals surface area contributed by atoms with E-state index in [-0.39, 0.29) is 5.41 Å². The summed E-state index contributed by atoms with van der Waals surface area (Å²) in [5, 5.41) is 0. The van der Waals surface area contributed by atoms with Crippen LogP contribution in [0.2, 0.25) is 0 Å². The second kappa shape index (κ2) is 6.64. The van der Waals surface area contributed by atoms with E-state index in [1.54, 1.807) is 6.07 Å². The maximum atomic E-state index is 12.4. The molecule has 1 aliphatic rings. The highest BCUT2D eigenvalue weighted by Crippen LogP contribution is 2.33. The molecule has 0 unspecified atom stereocenters. The smallest absolute Gasteiger partial charge is 0.242 e. The second-order valence-corrected chi connectivity index (χ2v) is 10.2. The van der Waals surface area contributed by atoms with Crippen LogP contribution in [0.3, 0.4) is 0 Å². The number of thiophene rings is 1. The van der Waals surface area contributed by atoms with Gasteiger partial charge >= 0.3 is 0 Å². The van der Waals surface area contributed by atoms with Gasteiger partial charge in [-0.2, -0.15) is 0 Å². The number of halogens is 1. The van der Waals surface area contributed by atoms with Crippen LogP contribution in [0, 0.1) is 5.41 Å². The summed E-state index contributed by atoms with van der Waals surface area (Å²) in [4.78, 5) is 3.43. The average Bonchev–Trinajstić information content (AvgIpc) is 2.83. The Morgan fingerprint density at radius 1 is 1.48 bits per heavy atom. The molecule has 0 aliphatic carbocycles. The zero-order valence-electron chi connectivity index (χ0n) is 12.4. The number of hydrogen-bond acceptors (Lipinski definition) is 5. The zero-order valence-corrected chi connectivity index (χ0v) is 15.6. The lowest BCUT2D eigenvalue weighted by Crippen LogP contribution is -2.43. The number of nitrogens with zero attached hydrogens (tertiary/aromatic N) is 1. The van der Waals surface area contributed by atoms with E-state index in [0.717, 1.165) is 30.8 Å². The molecule has 1 saturated heterocycles. The third-order valence-electron chi connectivity index (χ3n) is 4.08. The highest BCUT2D eigenvalue weighted by molar-refractivity contribution is 9.11. The van der Waals surface area contributed by atoms with Crippen molar-refractivity contribution in [2.75, 3.05) is 26.7 Å². The molecule has 5 nitrogen and oxygen atoms in total. The van der Waals surface area contributed by atoms with Gasteiger partial charge in [-0.15, -0.1) is 11.3 Å². The van der Waals surface area contributed by atoms with Crippen molar-refractivity contribution >= 4 is 37.3 Å². The molecule has 2 heterocycles. The molecule has 0 spiro atoms. The minimum atomic E-state index is -3.49. The normalized spacial score (nSPS) is 19.8. The van der Waals surface area contributed by atoms with Gasteiger partial charge in [-0.25, -0.2) is 13.1 Å². The van der Waals surface area contributed by atoms with Gasteiger partial charge in [-0.3, -0.25) is 0 Å². The summed E-state index contributed by atoms with van der Waals surface area (Å²) in [6.45, 7) is 5.00. The van der Waals surface area contributed by atoms with Gasteiger partial charge in [-0.05, 0) is 60.4 Å². The number of rotatable bonds is 5. The molecule has 3 N–H and O–H groups in total. The van der Waals surface area contributed by atoms with Crippen LogP contribution < -0.4 is 10.5 Å². The first kappa shape index (κ1) is 17.4. The molecule has 1 aromatic rings. The first-order chi connectivity index (χ1) is 9.76. The molecular weight excluding hydrogens is 374 g/mol. The predicted molar refractivity (Wildman–Crippen MR) is 89.9 cm³/mol. The SMILES string of the molecule is CN1CCC(C)(CNS(=O)(=O)c2cc(CN)sc2Br)CC1. The van der Waals surface area contributed by atoms with Gasteiger partial charge in [0.2, 0.25) is 10.0 Å². The van der Waals surface area contributed by atoms with Gasteiger partial charge in [0.1, 0.15) is 4.90 Å². The molecule has 21 heavy (non-hydrogen) atoms. The van der Waals surface area contributed by atoms with Crippen LogP contribution in [0.15, 0.2) is 14.7 Å². The van der Waals surface area contributed by atoms with E-state index in [9.17, 15) is 8.42 Å². The minimum absolute atomic E-state index is 0.0266. The number of likely N-dealkylation sites (tertiary alicyclic amines) is 1. The standard InChI is InChI=1S/C13H22BrN3O2S2/c1-13(3-5-17(2)6-4-13)9-16-21(18,19)11-7-10(8-15)20-12(11)14/h7,16H,3-6,8-9,15H2,1-2H3. The molecule has 1 fully saturated rings. The van der Waals surface area contributed by atoms with Crippen molar-refractivity contribution in [3.8, 4) is 0 Å². The summed E-state index contributed by atoms with van der Waals surface area (Å²) in [6, 6.07) is 1.65. The fraction of sp³-hybridized carbons (Fsp3) is 0.692. The van der Waals surface area contributed by atoms with Gasteiger partial charge in [0.05, 0.1) is 3.79 Å². The van der Waals surface area contributed by atoms with Crippen LogP contribution in [-0.4, -0.2) is 40.0 Å². The topological polar surface area (TPSA) is 75.4 Å². The summed E-state index contributed by atoms with van der Waals surface area (Å²) in [5.41, 5.74) is 5.60. The second-order valence-electron chi connectivity index (χ2n) is 5.99. The van der Waals surface area contributed by atoms with Gasteiger partial charge < -0.3 is 10.6 Å². The Morgan fingerprint density at radius 2 is 2.10 bits per heavy atom. The summed E-state index contributed by atoms with van der Waals surface area (Å²) in [7, 11) is -1.39. The lowest BCUT2D eigenvalue weighted by Gasteiger charge is -2.37. The van der Waals surface area contributed by atoms with E-state index in [4.69, 9.17) is 5.73 Å². The summed E-state index contributed by atoms with van der Waals surface area (Å²) in [5.74, 6) is 0. The monoisotopic (exact) mass is 395 g/mol. The van der Waals surface area contributed by atoms with E-state index in [2.05, 4.69) is 39.5 Å². The maximum Gasteiger partial charge on any atom is 0.242 e. The van der Waals surface area contributed by atoms with Crippen molar-refractivity contribution in [1.29, 1.82) is 0 Å². The minimum Gasteiger partial charge on any atom is -0.326 e. The Hall–Kier alpha value is 0.01000. The molecule has 0 saturated carbocycles. The first-order valence-electron chi connectivity index (χ1n) is 6.92. The van der Waals surface area contributed by atoms with Crippen LogP contribution in [0.1, 0.15) is 24.6 Å². The summed E-state index contributed by atoms with van der Waals surface area (Å²) >= 11 is 4.69. The van der Waals surface area contributed by atoms with Gasteiger partial charge in [0.15, 0.2) is 0 Å². The molecule has 0 radical (unpaired) electrons. The van der Waals surface area contributed by atoms with Crippen LogP contribution in [0.4, 0.5) is 0 Å².